The number of likely N-dealkylation sites (tertiary alicyclic amines) is 1. The Hall–Kier alpha value is -2.37. The molecular weight excluding hydrogens is 378 g/mol. The normalized spacial score (nSPS) is 19.9. The Morgan fingerprint density at radius 3 is 2.40 bits per heavy atom. The predicted molar refractivity (Wildman–Crippen MR) is 118 cm³/mol. The molecule has 0 aromatic heterocycles. The van der Waals surface area contributed by atoms with E-state index in [0.29, 0.717) is 32.5 Å². The van der Waals surface area contributed by atoms with E-state index in [-0.39, 0.29) is 36.0 Å². The first-order chi connectivity index (χ1) is 14.6. The number of piperidine rings is 1. The topological polar surface area (TPSA) is 69.7 Å². The number of benzene rings is 1. The number of nitrogens with zero attached hydrogens (tertiary/aromatic N) is 2. The Bertz CT molecular complexity index is 714. The molecule has 164 valence electrons. The Kier molecular flexibility index (Phi) is 8.29. The van der Waals surface area contributed by atoms with Gasteiger partial charge in [-0.15, -0.1) is 0 Å². The van der Waals surface area contributed by atoms with Crippen molar-refractivity contribution in [1.29, 1.82) is 0 Å². The van der Waals surface area contributed by atoms with Crippen LogP contribution in [0.15, 0.2) is 30.3 Å². The lowest BCUT2D eigenvalue weighted by Crippen LogP contribution is -2.45. The van der Waals surface area contributed by atoms with E-state index in [1.165, 1.54) is 25.7 Å². The highest BCUT2D eigenvalue weighted by atomic mass is 16.2. The summed E-state index contributed by atoms with van der Waals surface area (Å²) in [6, 6.07) is 9.52. The highest BCUT2D eigenvalue weighted by Crippen LogP contribution is 2.27. The Balaban J connectivity index is 1.40. The van der Waals surface area contributed by atoms with Gasteiger partial charge >= 0.3 is 0 Å². The van der Waals surface area contributed by atoms with E-state index in [4.69, 9.17) is 0 Å². The summed E-state index contributed by atoms with van der Waals surface area (Å²) in [7, 11) is 0. The van der Waals surface area contributed by atoms with Gasteiger partial charge in [0, 0.05) is 44.2 Å². The van der Waals surface area contributed by atoms with Crippen molar-refractivity contribution >= 4 is 23.4 Å². The molecule has 0 saturated carbocycles. The molecule has 2 aliphatic heterocycles. The van der Waals surface area contributed by atoms with Gasteiger partial charge in [-0.1, -0.05) is 50.8 Å². The number of amides is 3. The number of nitrogens with one attached hydrogen (secondary N) is 1. The molecule has 0 radical (unpaired) electrons. The molecule has 0 aliphatic carbocycles. The smallest absolute Gasteiger partial charge is 0.228 e. The van der Waals surface area contributed by atoms with E-state index in [0.717, 1.165) is 18.7 Å². The summed E-state index contributed by atoms with van der Waals surface area (Å²) >= 11 is 0. The number of rotatable bonds is 9. The van der Waals surface area contributed by atoms with Gasteiger partial charge in [0.2, 0.25) is 17.7 Å². The minimum Gasteiger partial charge on any atom is -0.356 e. The predicted octanol–water partition coefficient (Wildman–Crippen LogP) is 3.36. The van der Waals surface area contributed by atoms with Crippen molar-refractivity contribution in [2.75, 3.05) is 31.1 Å². The standard InChI is InChI=1S/C24H35N3O3/c1-2-3-4-5-9-14-25-23(29)19-12-15-26(16-13-19)24(30)20-17-22(28)27(18-20)21-10-7-6-8-11-21/h6-8,10-11,19-20H,2-5,9,12-18H2,1H3,(H,25,29). The molecule has 1 N–H and O–H groups in total. The maximum atomic E-state index is 12.9. The molecule has 0 bridgehead atoms. The number of hydrogen-bond acceptors (Lipinski definition) is 3. The molecule has 1 aromatic carbocycles. The minimum atomic E-state index is -0.286. The molecule has 3 amide bonds. The number of hydrogen-bond donors (Lipinski definition) is 1. The number of carbonyl (C=O) groups is 3. The van der Waals surface area contributed by atoms with Crippen LogP contribution in [0.4, 0.5) is 5.69 Å². The van der Waals surface area contributed by atoms with E-state index in [1.54, 1.807) is 4.90 Å². The fourth-order valence-electron chi connectivity index (χ4n) is 4.44. The van der Waals surface area contributed by atoms with Crippen molar-refractivity contribution in [2.24, 2.45) is 11.8 Å². The largest absolute Gasteiger partial charge is 0.356 e. The average Bonchev–Trinajstić information content (AvgIpc) is 3.18. The monoisotopic (exact) mass is 413 g/mol. The summed E-state index contributed by atoms with van der Waals surface area (Å²) in [6.45, 7) is 4.59. The average molecular weight is 414 g/mol. The van der Waals surface area contributed by atoms with Crippen molar-refractivity contribution in [1.82, 2.24) is 10.2 Å². The van der Waals surface area contributed by atoms with Crippen molar-refractivity contribution in [2.45, 2.75) is 58.3 Å². The quantitative estimate of drug-likeness (QED) is 0.631. The van der Waals surface area contributed by atoms with Crippen LogP contribution in [0.25, 0.3) is 0 Å². The third-order valence-corrected chi connectivity index (χ3v) is 6.30. The van der Waals surface area contributed by atoms with E-state index in [9.17, 15) is 14.4 Å². The molecule has 30 heavy (non-hydrogen) atoms. The van der Waals surface area contributed by atoms with Crippen LogP contribution >= 0.6 is 0 Å². The summed E-state index contributed by atoms with van der Waals surface area (Å²) in [4.78, 5) is 41.3. The summed E-state index contributed by atoms with van der Waals surface area (Å²) in [6.07, 6.45) is 7.61. The maximum absolute atomic E-state index is 12.9. The molecule has 1 unspecified atom stereocenters. The molecular formula is C24H35N3O3. The highest BCUT2D eigenvalue weighted by Gasteiger charge is 2.38. The fourth-order valence-corrected chi connectivity index (χ4v) is 4.44. The van der Waals surface area contributed by atoms with Crippen molar-refractivity contribution < 1.29 is 14.4 Å². The lowest BCUT2D eigenvalue weighted by Gasteiger charge is -2.33. The lowest BCUT2D eigenvalue weighted by molar-refractivity contribution is -0.139. The first-order valence-corrected chi connectivity index (χ1v) is 11.5. The molecule has 1 atom stereocenters. The summed E-state index contributed by atoms with van der Waals surface area (Å²) in [5.74, 6) is -0.102. The van der Waals surface area contributed by atoms with Crippen LogP contribution in [0.1, 0.15) is 58.3 Å². The molecule has 2 fully saturated rings. The van der Waals surface area contributed by atoms with Gasteiger partial charge in [-0.05, 0) is 31.4 Å². The first-order valence-electron chi connectivity index (χ1n) is 11.5. The van der Waals surface area contributed by atoms with Gasteiger partial charge in [-0.3, -0.25) is 14.4 Å². The second-order valence-electron chi connectivity index (χ2n) is 8.55. The second-order valence-corrected chi connectivity index (χ2v) is 8.55. The Morgan fingerprint density at radius 1 is 1.00 bits per heavy atom. The molecule has 2 saturated heterocycles. The van der Waals surface area contributed by atoms with E-state index in [1.807, 2.05) is 35.2 Å². The minimum absolute atomic E-state index is 0.00396. The van der Waals surface area contributed by atoms with Gasteiger partial charge in [-0.2, -0.15) is 0 Å². The van der Waals surface area contributed by atoms with E-state index < -0.39 is 0 Å². The van der Waals surface area contributed by atoms with Gasteiger partial charge < -0.3 is 15.1 Å². The summed E-state index contributed by atoms with van der Waals surface area (Å²) in [5, 5.41) is 3.06. The number of para-hydroxylation sites is 1. The summed E-state index contributed by atoms with van der Waals surface area (Å²) < 4.78 is 0. The summed E-state index contributed by atoms with van der Waals surface area (Å²) in [5.41, 5.74) is 0.850. The van der Waals surface area contributed by atoms with Crippen LogP contribution in [-0.2, 0) is 14.4 Å². The molecule has 6 heteroatoms. The molecule has 1 aromatic rings. The zero-order valence-corrected chi connectivity index (χ0v) is 18.1. The highest BCUT2D eigenvalue weighted by molar-refractivity contribution is 6.00. The van der Waals surface area contributed by atoms with Gasteiger partial charge in [0.15, 0.2) is 0 Å². The maximum Gasteiger partial charge on any atom is 0.228 e. The number of unbranched alkanes of at least 4 members (excludes halogenated alkanes) is 4. The number of anilines is 1. The molecule has 2 aliphatic rings. The van der Waals surface area contributed by atoms with Crippen LogP contribution in [0, 0.1) is 11.8 Å². The fraction of sp³-hybridized carbons (Fsp3) is 0.625. The van der Waals surface area contributed by atoms with Crippen molar-refractivity contribution in [3.8, 4) is 0 Å². The van der Waals surface area contributed by atoms with Crippen LogP contribution in [-0.4, -0.2) is 48.8 Å². The third-order valence-electron chi connectivity index (χ3n) is 6.30. The second kappa shape index (κ2) is 11.1. The van der Waals surface area contributed by atoms with Gasteiger partial charge in [0.05, 0.1) is 5.92 Å². The van der Waals surface area contributed by atoms with Crippen LogP contribution in [0.5, 0.6) is 0 Å². The Labute approximate surface area is 180 Å². The molecule has 3 rings (SSSR count). The van der Waals surface area contributed by atoms with Crippen LogP contribution in [0.2, 0.25) is 0 Å². The third kappa shape index (κ3) is 5.83. The Morgan fingerprint density at radius 2 is 1.70 bits per heavy atom. The van der Waals surface area contributed by atoms with Gasteiger partial charge in [-0.25, -0.2) is 0 Å². The first kappa shape index (κ1) is 22.3. The van der Waals surface area contributed by atoms with Crippen LogP contribution < -0.4 is 10.2 Å². The van der Waals surface area contributed by atoms with Gasteiger partial charge in [0.1, 0.15) is 0 Å². The zero-order valence-electron chi connectivity index (χ0n) is 18.1. The zero-order chi connectivity index (χ0) is 21.3. The van der Waals surface area contributed by atoms with Gasteiger partial charge in [0.25, 0.3) is 0 Å². The SMILES string of the molecule is CCCCCCCNC(=O)C1CCN(C(=O)C2CC(=O)N(c3ccccc3)C2)CC1. The molecule has 2 heterocycles. The van der Waals surface area contributed by atoms with Crippen LogP contribution in [0.3, 0.4) is 0 Å². The molecule has 0 spiro atoms. The molecule has 6 nitrogen and oxygen atoms in total. The number of carbonyl (C=O) groups excluding carboxylic acids is 3. The van der Waals surface area contributed by atoms with Crippen molar-refractivity contribution in [3.05, 3.63) is 30.3 Å². The van der Waals surface area contributed by atoms with E-state index in [2.05, 4.69) is 12.2 Å². The van der Waals surface area contributed by atoms with Crippen molar-refractivity contribution in [3.63, 3.8) is 0 Å². The lowest BCUT2D eigenvalue weighted by atomic mass is 9.94. The van der Waals surface area contributed by atoms with E-state index >= 15 is 0 Å².